The lowest BCUT2D eigenvalue weighted by atomic mass is 9.88. The second-order valence-corrected chi connectivity index (χ2v) is 7.95. The van der Waals surface area contributed by atoms with E-state index < -0.39 is 43.1 Å². The van der Waals surface area contributed by atoms with E-state index >= 15 is 0 Å². The van der Waals surface area contributed by atoms with Crippen LogP contribution in [0.3, 0.4) is 0 Å². The average molecular weight is 432 g/mol. The number of nitrogens with zero attached hydrogens (tertiary/aromatic N) is 1. The van der Waals surface area contributed by atoms with Gasteiger partial charge in [0.05, 0.1) is 16.9 Å². The lowest BCUT2D eigenvalue weighted by Gasteiger charge is -2.26. The van der Waals surface area contributed by atoms with Crippen LogP contribution in [0.4, 0.5) is 15.8 Å². The maximum atomic E-state index is 14.1. The molecule has 0 spiro atoms. The number of nitrogens with one attached hydrogen (secondary N) is 1. The zero-order chi connectivity index (χ0) is 19.8. The Balaban J connectivity index is 0.00000280. The Morgan fingerprint density at radius 2 is 2.04 bits per heavy atom. The van der Waals surface area contributed by atoms with Crippen molar-refractivity contribution in [1.29, 1.82) is 0 Å². The molecule has 1 aliphatic rings. The van der Waals surface area contributed by atoms with Crippen LogP contribution in [0.2, 0.25) is 0 Å². The summed E-state index contributed by atoms with van der Waals surface area (Å²) in [6.07, 6.45) is 2.08. The first kappa shape index (κ1) is 21.9. The molecule has 3 rings (SSSR count). The molecule has 28 heavy (non-hydrogen) atoms. The van der Waals surface area contributed by atoms with Gasteiger partial charge in [0.25, 0.3) is 0 Å². The minimum Gasteiger partial charge on any atom is -0.488 e. The smallest absolute Gasteiger partial charge is 0.315 e. The van der Waals surface area contributed by atoms with Gasteiger partial charge in [0.2, 0.25) is 15.8 Å². The van der Waals surface area contributed by atoms with Crippen LogP contribution in [0.1, 0.15) is 30.0 Å². The van der Waals surface area contributed by atoms with E-state index in [4.69, 9.17) is 5.73 Å². The number of aryl methyl sites for hydroxylation is 1. The fourth-order valence-corrected chi connectivity index (χ4v) is 4.54. The van der Waals surface area contributed by atoms with Gasteiger partial charge in [-0.3, -0.25) is 10.1 Å². The number of halogens is 2. The van der Waals surface area contributed by atoms with Gasteiger partial charge in [-0.2, -0.15) is 0 Å². The number of nitrogen functional groups attached to an aromatic ring is 1. The minimum absolute atomic E-state index is 0. The summed E-state index contributed by atoms with van der Waals surface area (Å²) in [5.74, 6) is -1.73. The first-order valence-corrected chi connectivity index (χ1v) is 9.64. The van der Waals surface area contributed by atoms with E-state index in [-0.39, 0.29) is 12.4 Å². The number of sulfonamides is 1. The van der Waals surface area contributed by atoms with Gasteiger partial charge in [-0.15, -0.1) is 12.4 Å². The largest absolute Gasteiger partial charge is 0.488 e. The van der Waals surface area contributed by atoms with Gasteiger partial charge >= 0.3 is 5.69 Å². The van der Waals surface area contributed by atoms with Crippen LogP contribution in [0.25, 0.3) is 0 Å². The van der Waals surface area contributed by atoms with Crippen molar-refractivity contribution in [2.45, 2.75) is 30.2 Å². The average Bonchev–Trinajstić information content (AvgIpc) is 2.60. The van der Waals surface area contributed by atoms with Crippen LogP contribution < -0.4 is 15.2 Å². The van der Waals surface area contributed by atoms with Crippen LogP contribution in [0, 0.1) is 15.9 Å². The Labute approximate surface area is 167 Å². The number of ether oxygens (including phenoxy) is 1. The number of fused-ring (bicyclic) bond motifs is 1. The molecule has 0 fully saturated rings. The standard InChI is InChI=1S/C17H18FN3O5S.ClH/c1-26-17-14(18)8-12(9-16(17)21(22)23)27(24,25)20-15-4-2-3-10-7-11(19)5-6-13(10)15;/h5-9,15,20H,2-4,19H2,1H3;1H. The highest BCUT2D eigenvalue weighted by Gasteiger charge is 2.30. The van der Waals surface area contributed by atoms with Crippen molar-refractivity contribution in [2.75, 3.05) is 12.8 Å². The van der Waals surface area contributed by atoms with Gasteiger partial charge in [0.15, 0.2) is 5.82 Å². The zero-order valence-corrected chi connectivity index (χ0v) is 16.5. The van der Waals surface area contributed by atoms with Gasteiger partial charge in [0.1, 0.15) is 0 Å². The maximum absolute atomic E-state index is 14.1. The van der Waals surface area contributed by atoms with Crippen molar-refractivity contribution >= 4 is 33.8 Å². The summed E-state index contributed by atoms with van der Waals surface area (Å²) in [7, 11) is -3.13. The summed E-state index contributed by atoms with van der Waals surface area (Å²) in [6, 6.07) is 6.21. The van der Waals surface area contributed by atoms with Crippen LogP contribution in [-0.4, -0.2) is 20.5 Å². The fraction of sp³-hybridized carbons (Fsp3) is 0.294. The highest BCUT2D eigenvalue weighted by atomic mass is 35.5. The lowest BCUT2D eigenvalue weighted by molar-refractivity contribution is -0.386. The molecule has 0 radical (unpaired) electrons. The first-order chi connectivity index (χ1) is 12.7. The molecule has 1 unspecified atom stereocenters. The van der Waals surface area contributed by atoms with Crippen molar-refractivity contribution in [1.82, 2.24) is 4.72 Å². The molecule has 3 N–H and O–H groups in total. The third-order valence-corrected chi connectivity index (χ3v) is 5.94. The van der Waals surface area contributed by atoms with Crippen molar-refractivity contribution in [3.05, 3.63) is 57.4 Å². The number of nitro benzene ring substituents is 1. The number of hydrogen-bond acceptors (Lipinski definition) is 6. The van der Waals surface area contributed by atoms with Crippen LogP contribution in [-0.2, 0) is 16.4 Å². The van der Waals surface area contributed by atoms with Crippen LogP contribution in [0.15, 0.2) is 35.2 Å². The third-order valence-electron chi connectivity index (χ3n) is 4.49. The number of hydrogen-bond donors (Lipinski definition) is 2. The molecule has 2 aromatic carbocycles. The van der Waals surface area contributed by atoms with Crippen LogP contribution in [0.5, 0.6) is 5.75 Å². The van der Waals surface area contributed by atoms with Gasteiger partial charge in [-0.1, -0.05) is 6.07 Å². The minimum atomic E-state index is -4.20. The molecular formula is C17H19ClFN3O5S. The summed E-state index contributed by atoms with van der Waals surface area (Å²) in [4.78, 5) is 9.71. The number of benzene rings is 2. The van der Waals surface area contributed by atoms with E-state index in [0.717, 1.165) is 37.1 Å². The van der Waals surface area contributed by atoms with Gasteiger partial charge in [0, 0.05) is 17.8 Å². The number of anilines is 1. The fourth-order valence-electron chi connectivity index (χ4n) is 3.26. The second kappa shape index (κ2) is 8.29. The van der Waals surface area contributed by atoms with Crippen LogP contribution >= 0.6 is 12.4 Å². The summed E-state index contributed by atoms with van der Waals surface area (Å²) >= 11 is 0. The van der Waals surface area contributed by atoms with Crippen molar-refractivity contribution < 1.29 is 22.5 Å². The van der Waals surface area contributed by atoms with E-state index in [1.807, 2.05) is 0 Å². The Morgan fingerprint density at radius 3 is 2.68 bits per heavy atom. The molecule has 0 heterocycles. The van der Waals surface area contributed by atoms with E-state index in [0.29, 0.717) is 18.2 Å². The summed E-state index contributed by atoms with van der Waals surface area (Å²) in [5, 5.41) is 11.1. The van der Waals surface area contributed by atoms with E-state index in [2.05, 4.69) is 9.46 Å². The predicted octanol–water partition coefficient (Wildman–Crippen LogP) is 3.10. The Morgan fingerprint density at radius 1 is 1.32 bits per heavy atom. The van der Waals surface area contributed by atoms with E-state index in [1.54, 1.807) is 18.2 Å². The number of methoxy groups -OCH3 is 1. The van der Waals surface area contributed by atoms with Crippen molar-refractivity contribution in [3.63, 3.8) is 0 Å². The number of nitrogens with two attached hydrogens (primary N) is 1. The summed E-state index contributed by atoms with van der Waals surface area (Å²) in [5.41, 5.74) is 7.35. The van der Waals surface area contributed by atoms with Crippen molar-refractivity contribution in [3.8, 4) is 5.75 Å². The molecule has 11 heteroatoms. The molecule has 1 atom stereocenters. The molecule has 1 aliphatic carbocycles. The number of rotatable bonds is 5. The molecule has 0 aromatic heterocycles. The predicted molar refractivity (Wildman–Crippen MR) is 104 cm³/mol. The lowest BCUT2D eigenvalue weighted by Crippen LogP contribution is -2.31. The maximum Gasteiger partial charge on any atom is 0.315 e. The quantitative estimate of drug-likeness (QED) is 0.425. The third kappa shape index (κ3) is 4.18. The topological polar surface area (TPSA) is 125 Å². The molecular weight excluding hydrogens is 413 g/mol. The monoisotopic (exact) mass is 431 g/mol. The molecule has 0 saturated heterocycles. The second-order valence-electron chi connectivity index (χ2n) is 6.24. The molecule has 0 aliphatic heterocycles. The van der Waals surface area contributed by atoms with E-state index in [9.17, 15) is 22.9 Å². The molecule has 0 saturated carbocycles. The Bertz CT molecular complexity index is 1020. The summed E-state index contributed by atoms with van der Waals surface area (Å²) in [6.45, 7) is 0. The number of nitro groups is 1. The SMILES string of the molecule is COc1c(F)cc(S(=O)(=O)NC2CCCc3cc(N)ccc32)cc1[N+](=O)[O-].Cl. The highest BCUT2D eigenvalue weighted by Crippen LogP contribution is 2.35. The highest BCUT2D eigenvalue weighted by molar-refractivity contribution is 7.89. The normalized spacial score (nSPS) is 16.0. The van der Waals surface area contributed by atoms with E-state index in [1.165, 1.54) is 0 Å². The molecule has 8 nitrogen and oxygen atoms in total. The molecule has 152 valence electrons. The molecule has 0 bridgehead atoms. The molecule has 2 aromatic rings. The van der Waals surface area contributed by atoms with Crippen molar-refractivity contribution in [2.24, 2.45) is 0 Å². The van der Waals surface area contributed by atoms with Gasteiger partial charge < -0.3 is 10.5 Å². The molecule has 0 amide bonds. The van der Waals surface area contributed by atoms with Gasteiger partial charge in [-0.05, 0) is 48.6 Å². The first-order valence-electron chi connectivity index (χ1n) is 8.15. The Hall–Kier alpha value is -2.43. The zero-order valence-electron chi connectivity index (χ0n) is 14.8. The Kier molecular flexibility index (Phi) is 6.48. The van der Waals surface area contributed by atoms with Gasteiger partial charge in [-0.25, -0.2) is 17.5 Å². The summed E-state index contributed by atoms with van der Waals surface area (Å²) < 4.78 is 46.8.